The van der Waals surface area contributed by atoms with E-state index in [1.165, 1.54) is 12.1 Å². The van der Waals surface area contributed by atoms with Gasteiger partial charge in [0, 0.05) is 6.04 Å². The van der Waals surface area contributed by atoms with Gasteiger partial charge in [-0.15, -0.1) is 0 Å². The number of hydrogen-bond acceptors (Lipinski definition) is 2. The molecule has 4 heteroatoms. The zero-order valence-electron chi connectivity index (χ0n) is 9.49. The molecule has 1 aromatic rings. The van der Waals surface area contributed by atoms with Gasteiger partial charge in [0.2, 0.25) is 0 Å². The molecule has 2 nitrogen and oxygen atoms in total. The summed E-state index contributed by atoms with van der Waals surface area (Å²) in [4.78, 5) is 0. The molecule has 0 bridgehead atoms. The van der Waals surface area contributed by atoms with E-state index in [2.05, 4.69) is 18.6 Å². The largest absolute Gasteiger partial charge is 0.435 e. The molecule has 0 heterocycles. The summed E-state index contributed by atoms with van der Waals surface area (Å²) in [5, 5.41) is 0. The molecule has 2 N–H and O–H groups in total. The third-order valence-corrected chi connectivity index (χ3v) is 2.75. The summed E-state index contributed by atoms with van der Waals surface area (Å²) in [5.74, 6) is 0.525. The Hall–Kier alpha value is -1.16. The summed E-state index contributed by atoms with van der Waals surface area (Å²) in [6, 6.07) is 6.43. The number of rotatable bonds is 5. The van der Waals surface area contributed by atoms with Crippen LogP contribution in [-0.2, 0) is 0 Å². The molecule has 0 saturated heterocycles. The van der Waals surface area contributed by atoms with Crippen molar-refractivity contribution in [1.29, 1.82) is 0 Å². The smallest absolute Gasteiger partial charge is 0.387 e. The number of halogens is 2. The van der Waals surface area contributed by atoms with Gasteiger partial charge in [-0.05, 0) is 23.6 Å². The zero-order valence-corrected chi connectivity index (χ0v) is 9.49. The van der Waals surface area contributed by atoms with Crippen LogP contribution in [0.1, 0.15) is 31.9 Å². The Kier molecular flexibility index (Phi) is 4.68. The van der Waals surface area contributed by atoms with Crippen molar-refractivity contribution in [2.75, 3.05) is 0 Å². The van der Waals surface area contributed by atoms with Crippen LogP contribution in [-0.4, -0.2) is 6.61 Å². The molecule has 1 rings (SSSR count). The molecule has 0 aromatic heterocycles. The van der Waals surface area contributed by atoms with Crippen LogP contribution in [0.4, 0.5) is 8.78 Å². The maximum atomic E-state index is 11.9. The summed E-state index contributed by atoms with van der Waals surface area (Å²) in [6.45, 7) is 1.35. The van der Waals surface area contributed by atoms with Crippen molar-refractivity contribution in [1.82, 2.24) is 0 Å². The number of alkyl halides is 2. The fraction of sp³-hybridized carbons (Fsp3) is 0.500. The van der Waals surface area contributed by atoms with Gasteiger partial charge >= 0.3 is 6.61 Å². The lowest BCUT2D eigenvalue weighted by molar-refractivity contribution is -0.0498. The van der Waals surface area contributed by atoms with Crippen molar-refractivity contribution in [3.8, 4) is 5.75 Å². The van der Waals surface area contributed by atoms with E-state index in [1.807, 2.05) is 0 Å². The van der Waals surface area contributed by atoms with Crippen LogP contribution in [0.3, 0.4) is 0 Å². The first-order chi connectivity index (χ1) is 7.54. The molecule has 0 radical (unpaired) electrons. The molecule has 1 aromatic carbocycles. The normalized spacial score (nSPS) is 14.9. The highest BCUT2D eigenvalue weighted by Crippen LogP contribution is 2.24. The summed E-state index contributed by atoms with van der Waals surface area (Å²) >= 11 is 0. The van der Waals surface area contributed by atoms with E-state index in [1.54, 1.807) is 12.1 Å². The molecule has 0 amide bonds. The minimum absolute atomic E-state index is 0.0643. The maximum absolute atomic E-state index is 11.9. The minimum atomic E-state index is -2.78. The van der Waals surface area contributed by atoms with E-state index in [0.717, 1.165) is 12.0 Å². The Balaban J connectivity index is 2.70. The molecule has 16 heavy (non-hydrogen) atoms. The van der Waals surface area contributed by atoms with Gasteiger partial charge in [-0.1, -0.05) is 32.4 Å². The van der Waals surface area contributed by atoms with E-state index in [4.69, 9.17) is 5.73 Å². The molecule has 2 unspecified atom stereocenters. The Bertz CT molecular complexity index is 313. The number of hydrogen-bond donors (Lipinski definition) is 1. The van der Waals surface area contributed by atoms with Gasteiger partial charge < -0.3 is 10.5 Å². The summed E-state index contributed by atoms with van der Waals surface area (Å²) in [6.07, 6.45) is 0.983. The summed E-state index contributed by atoms with van der Waals surface area (Å²) in [5.41, 5.74) is 6.95. The predicted molar refractivity (Wildman–Crippen MR) is 59.5 cm³/mol. The second-order valence-electron chi connectivity index (χ2n) is 3.86. The number of benzene rings is 1. The number of ether oxygens (including phenoxy) is 1. The molecule has 90 valence electrons. The van der Waals surface area contributed by atoms with Gasteiger partial charge in [-0.25, -0.2) is 0 Å². The lowest BCUT2D eigenvalue weighted by Crippen LogP contribution is -2.18. The minimum Gasteiger partial charge on any atom is -0.435 e. The number of nitrogens with two attached hydrogens (primary N) is 1. The quantitative estimate of drug-likeness (QED) is 0.840. The lowest BCUT2D eigenvalue weighted by Gasteiger charge is -2.18. The van der Waals surface area contributed by atoms with Crippen molar-refractivity contribution in [3.05, 3.63) is 29.8 Å². The van der Waals surface area contributed by atoms with Crippen LogP contribution < -0.4 is 10.5 Å². The molecule has 0 aliphatic heterocycles. The van der Waals surface area contributed by atoms with Crippen molar-refractivity contribution in [2.24, 2.45) is 11.7 Å². The topological polar surface area (TPSA) is 35.2 Å². The highest BCUT2D eigenvalue weighted by molar-refractivity contribution is 5.29. The Labute approximate surface area is 94.4 Å². The van der Waals surface area contributed by atoms with Gasteiger partial charge in [0.1, 0.15) is 5.75 Å². The molecule has 0 aliphatic carbocycles. The third-order valence-electron chi connectivity index (χ3n) is 2.75. The molecule has 2 atom stereocenters. The van der Waals surface area contributed by atoms with E-state index in [-0.39, 0.29) is 11.8 Å². The maximum Gasteiger partial charge on any atom is 0.387 e. The van der Waals surface area contributed by atoms with Crippen LogP contribution >= 0.6 is 0 Å². The predicted octanol–water partition coefficient (Wildman–Crippen LogP) is 3.33. The molecule has 0 fully saturated rings. The van der Waals surface area contributed by atoms with Crippen LogP contribution in [0.15, 0.2) is 24.3 Å². The highest BCUT2D eigenvalue weighted by Gasteiger charge is 2.13. The molecule has 0 saturated carbocycles. The van der Waals surface area contributed by atoms with Crippen LogP contribution in [0, 0.1) is 5.92 Å². The second-order valence-corrected chi connectivity index (χ2v) is 3.86. The summed E-state index contributed by atoms with van der Waals surface area (Å²) in [7, 11) is 0. The zero-order chi connectivity index (χ0) is 12.1. The molecule has 0 aliphatic rings. The molecule has 0 spiro atoms. The molecular weight excluding hydrogens is 212 g/mol. The van der Waals surface area contributed by atoms with E-state index < -0.39 is 6.61 Å². The van der Waals surface area contributed by atoms with Gasteiger partial charge in [0.15, 0.2) is 0 Å². The van der Waals surface area contributed by atoms with Crippen molar-refractivity contribution in [3.63, 3.8) is 0 Å². The van der Waals surface area contributed by atoms with E-state index >= 15 is 0 Å². The molecular formula is C12H17F2NO. The Morgan fingerprint density at radius 2 is 1.81 bits per heavy atom. The standard InChI is InChI=1S/C12H17F2NO/c1-3-8(2)11(15)9-4-6-10(7-5-9)16-12(13)14/h4-8,11-12H,3,15H2,1-2H3. The van der Waals surface area contributed by atoms with Crippen LogP contribution in [0.25, 0.3) is 0 Å². The van der Waals surface area contributed by atoms with E-state index in [0.29, 0.717) is 5.92 Å². The van der Waals surface area contributed by atoms with Crippen molar-refractivity contribution >= 4 is 0 Å². The van der Waals surface area contributed by atoms with Gasteiger partial charge in [0.25, 0.3) is 0 Å². The van der Waals surface area contributed by atoms with Gasteiger partial charge in [-0.2, -0.15) is 8.78 Å². The fourth-order valence-electron chi connectivity index (χ4n) is 1.45. The first kappa shape index (κ1) is 12.9. The van der Waals surface area contributed by atoms with E-state index in [9.17, 15) is 8.78 Å². The third kappa shape index (κ3) is 3.45. The van der Waals surface area contributed by atoms with Crippen LogP contribution in [0.5, 0.6) is 5.75 Å². The second kappa shape index (κ2) is 5.80. The Morgan fingerprint density at radius 3 is 2.25 bits per heavy atom. The van der Waals surface area contributed by atoms with Crippen molar-refractivity contribution in [2.45, 2.75) is 32.9 Å². The SMILES string of the molecule is CCC(C)C(N)c1ccc(OC(F)F)cc1. The Morgan fingerprint density at radius 1 is 1.25 bits per heavy atom. The summed E-state index contributed by atoms with van der Waals surface area (Å²) < 4.78 is 28.1. The van der Waals surface area contributed by atoms with Gasteiger partial charge in [-0.3, -0.25) is 0 Å². The first-order valence-corrected chi connectivity index (χ1v) is 5.35. The average Bonchev–Trinajstić information content (AvgIpc) is 2.27. The lowest BCUT2D eigenvalue weighted by atomic mass is 9.93. The van der Waals surface area contributed by atoms with Crippen molar-refractivity contribution < 1.29 is 13.5 Å². The van der Waals surface area contributed by atoms with Gasteiger partial charge in [0.05, 0.1) is 0 Å². The van der Waals surface area contributed by atoms with Crippen LogP contribution in [0.2, 0.25) is 0 Å². The highest BCUT2D eigenvalue weighted by atomic mass is 19.3. The monoisotopic (exact) mass is 229 g/mol. The fourth-order valence-corrected chi connectivity index (χ4v) is 1.45. The first-order valence-electron chi connectivity index (χ1n) is 5.35. The average molecular weight is 229 g/mol.